The molecule has 1 nitrogen and oxygen atoms in total. The molecule has 0 radical (unpaired) electrons. The Bertz CT molecular complexity index is 286. The number of nitrogens with one attached hydrogen (secondary N) is 1. The van der Waals surface area contributed by atoms with Crippen LogP contribution in [0.15, 0.2) is 22.7 Å². The molecule has 1 aromatic carbocycles. The van der Waals surface area contributed by atoms with Crippen LogP contribution in [0.25, 0.3) is 0 Å². The van der Waals surface area contributed by atoms with Gasteiger partial charge in [-0.05, 0) is 34.0 Å². The highest BCUT2D eigenvalue weighted by Gasteiger charge is 2.04. The minimum absolute atomic E-state index is 0.219. The summed E-state index contributed by atoms with van der Waals surface area (Å²) in [6.07, 6.45) is 0. The molecule has 1 aromatic rings. The van der Waals surface area contributed by atoms with Gasteiger partial charge in [0.25, 0.3) is 0 Å². The molecule has 13 heavy (non-hydrogen) atoms. The minimum Gasteiger partial charge on any atom is -0.382 e. The van der Waals surface area contributed by atoms with Gasteiger partial charge in [-0.2, -0.15) is 0 Å². The fourth-order valence-electron chi connectivity index (χ4n) is 0.954. The molecule has 1 rings (SSSR count). The fraction of sp³-hybridized carbons (Fsp3) is 0.400. The number of anilines is 1. The molecule has 0 saturated carbocycles. The molecule has 0 unspecified atom stereocenters. The van der Waals surface area contributed by atoms with Crippen LogP contribution in [-0.4, -0.2) is 6.54 Å². The van der Waals surface area contributed by atoms with E-state index in [2.05, 4.69) is 35.1 Å². The van der Waals surface area contributed by atoms with Crippen LogP contribution in [0, 0.1) is 11.7 Å². The van der Waals surface area contributed by atoms with E-state index >= 15 is 0 Å². The first-order valence-corrected chi connectivity index (χ1v) is 5.08. The molecule has 0 aromatic heterocycles. The van der Waals surface area contributed by atoms with Crippen LogP contribution in [0.4, 0.5) is 10.1 Å². The topological polar surface area (TPSA) is 12.0 Å². The van der Waals surface area contributed by atoms with E-state index in [0.29, 0.717) is 16.1 Å². The number of hydrogen-bond donors (Lipinski definition) is 1. The first kappa shape index (κ1) is 10.5. The quantitative estimate of drug-likeness (QED) is 0.858. The molecule has 0 spiro atoms. The molecule has 0 aliphatic heterocycles. The van der Waals surface area contributed by atoms with Gasteiger partial charge in [0.15, 0.2) is 5.82 Å². The van der Waals surface area contributed by atoms with Crippen LogP contribution >= 0.6 is 15.9 Å². The molecule has 0 saturated heterocycles. The largest absolute Gasteiger partial charge is 0.382 e. The van der Waals surface area contributed by atoms with Crippen molar-refractivity contribution in [1.29, 1.82) is 0 Å². The minimum atomic E-state index is -0.219. The maximum absolute atomic E-state index is 13.3. The van der Waals surface area contributed by atoms with Gasteiger partial charge in [0.2, 0.25) is 0 Å². The second-order valence-corrected chi connectivity index (χ2v) is 4.23. The fourth-order valence-corrected chi connectivity index (χ4v) is 1.32. The van der Waals surface area contributed by atoms with E-state index in [9.17, 15) is 4.39 Å². The van der Waals surface area contributed by atoms with E-state index in [-0.39, 0.29) is 5.82 Å². The van der Waals surface area contributed by atoms with Crippen molar-refractivity contribution in [1.82, 2.24) is 0 Å². The predicted molar refractivity (Wildman–Crippen MR) is 57.4 cm³/mol. The molecule has 0 atom stereocenters. The third-order valence-electron chi connectivity index (χ3n) is 1.65. The van der Waals surface area contributed by atoms with Gasteiger partial charge in [-0.1, -0.05) is 19.9 Å². The number of benzene rings is 1. The van der Waals surface area contributed by atoms with Crippen molar-refractivity contribution in [3.8, 4) is 0 Å². The van der Waals surface area contributed by atoms with Crippen molar-refractivity contribution in [2.75, 3.05) is 11.9 Å². The second-order valence-electron chi connectivity index (χ2n) is 3.38. The first-order chi connectivity index (χ1) is 6.11. The maximum Gasteiger partial charge on any atom is 0.160 e. The molecule has 72 valence electrons. The Balaban J connectivity index is 2.71. The van der Waals surface area contributed by atoms with Crippen LogP contribution in [0.2, 0.25) is 0 Å². The zero-order valence-electron chi connectivity index (χ0n) is 7.77. The summed E-state index contributed by atoms with van der Waals surface area (Å²) in [5.74, 6) is 0.293. The van der Waals surface area contributed by atoms with Crippen molar-refractivity contribution in [3.05, 3.63) is 28.5 Å². The predicted octanol–water partition coefficient (Wildman–Crippen LogP) is 3.66. The maximum atomic E-state index is 13.3. The molecule has 0 bridgehead atoms. The average Bonchev–Trinajstić information content (AvgIpc) is 2.07. The monoisotopic (exact) mass is 245 g/mol. The zero-order valence-corrected chi connectivity index (χ0v) is 9.36. The van der Waals surface area contributed by atoms with E-state index < -0.39 is 0 Å². The molecular weight excluding hydrogens is 233 g/mol. The van der Waals surface area contributed by atoms with Crippen LogP contribution < -0.4 is 5.32 Å². The smallest absolute Gasteiger partial charge is 0.160 e. The standard InChI is InChI=1S/C10H13BrFN/c1-7(2)6-13-9-5-3-4-8(11)10(9)12/h3-5,7,13H,6H2,1-2H3. The van der Waals surface area contributed by atoms with Crippen molar-refractivity contribution < 1.29 is 4.39 Å². The van der Waals surface area contributed by atoms with Gasteiger partial charge in [-0.3, -0.25) is 0 Å². The summed E-state index contributed by atoms with van der Waals surface area (Å²) >= 11 is 3.14. The molecule has 1 N–H and O–H groups in total. The zero-order chi connectivity index (χ0) is 9.84. The van der Waals surface area contributed by atoms with Gasteiger partial charge in [0, 0.05) is 6.54 Å². The summed E-state index contributed by atoms with van der Waals surface area (Å²) in [7, 11) is 0. The van der Waals surface area contributed by atoms with Crippen LogP contribution in [0.3, 0.4) is 0 Å². The Morgan fingerprint density at radius 3 is 2.77 bits per heavy atom. The third kappa shape index (κ3) is 2.99. The third-order valence-corrected chi connectivity index (χ3v) is 2.26. The summed E-state index contributed by atoms with van der Waals surface area (Å²) in [5, 5.41) is 3.05. The van der Waals surface area contributed by atoms with Gasteiger partial charge in [-0.15, -0.1) is 0 Å². The van der Waals surface area contributed by atoms with Crippen LogP contribution in [0.1, 0.15) is 13.8 Å². The van der Waals surface area contributed by atoms with Crippen LogP contribution in [0.5, 0.6) is 0 Å². The Morgan fingerprint density at radius 2 is 2.15 bits per heavy atom. The highest BCUT2D eigenvalue weighted by Crippen LogP contribution is 2.22. The average molecular weight is 246 g/mol. The van der Waals surface area contributed by atoms with Crippen molar-refractivity contribution in [2.45, 2.75) is 13.8 Å². The van der Waals surface area contributed by atoms with Crippen LogP contribution in [-0.2, 0) is 0 Å². The highest BCUT2D eigenvalue weighted by molar-refractivity contribution is 9.10. The Kier molecular flexibility index (Phi) is 3.72. The molecule has 0 aliphatic rings. The number of hydrogen-bond acceptors (Lipinski definition) is 1. The molecule has 0 fully saturated rings. The Morgan fingerprint density at radius 1 is 1.46 bits per heavy atom. The van der Waals surface area contributed by atoms with Gasteiger partial charge in [0.1, 0.15) is 0 Å². The number of halogens is 2. The lowest BCUT2D eigenvalue weighted by atomic mass is 10.2. The lowest BCUT2D eigenvalue weighted by Crippen LogP contribution is -2.09. The highest BCUT2D eigenvalue weighted by atomic mass is 79.9. The summed E-state index contributed by atoms with van der Waals surface area (Å²) < 4.78 is 13.8. The lowest BCUT2D eigenvalue weighted by molar-refractivity contribution is 0.618. The lowest BCUT2D eigenvalue weighted by Gasteiger charge is -2.10. The molecule has 0 aliphatic carbocycles. The second kappa shape index (κ2) is 4.61. The van der Waals surface area contributed by atoms with E-state index in [4.69, 9.17) is 0 Å². The molecule has 0 amide bonds. The van der Waals surface area contributed by atoms with E-state index in [1.807, 2.05) is 6.07 Å². The van der Waals surface area contributed by atoms with Gasteiger partial charge < -0.3 is 5.32 Å². The molecule has 0 heterocycles. The summed E-state index contributed by atoms with van der Waals surface area (Å²) in [5.41, 5.74) is 0.558. The normalized spacial score (nSPS) is 10.5. The van der Waals surface area contributed by atoms with Gasteiger partial charge in [-0.25, -0.2) is 4.39 Å². The van der Waals surface area contributed by atoms with Gasteiger partial charge in [0.05, 0.1) is 10.2 Å². The van der Waals surface area contributed by atoms with E-state index in [0.717, 1.165) is 6.54 Å². The summed E-state index contributed by atoms with van der Waals surface area (Å²) in [6.45, 7) is 4.96. The molecular formula is C10H13BrFN. The van der Waals surface area contributed by atoms with Crippen molar-refractivity contribution in [3.63, 3.8) is 0 Å². The van der Waals surface area contributed by atoms with Crippen molar-refractivity contribution >= 4 is 21.6 Å². The van der Waals surface area contributed by atoms with E-state index in [1.54, 1.807) is 12.1 Å². The molecule has 3 heteroatoms. The van der Waals surface area contributed by atoms with E-state index in [1.165, 1.54) is 0 Å². The Hall–Kier alpha value is -0.570. The summed E-state index contributed by atoms with van der Waals surface area (Å²) in [6, 6.07) is 5.24. The van der Waals surface area contributed by atoms with Gasteiger partial charge >= 0.3 is 0 Å². The Labute approximate surface area is 86.5 Å². The summed E-state index contributed by atoms with van der Waals surface area (Å²) in [4.78, 5) is 0. The van der Waals surface area contributed by atoms with Crippen molar-refractivity contribution in [2.24, 2.45) is 5.92 Å². The first-order valence-electron chi connectivity index (χ1n) is 4.29. The SMILES string of the molecule is CC(C)CNc1cccc(Br)c1F. The number of rotatable bonds is 3.